The molecule has 0 fully saturated rings. The summed E-state index contributed by atoms with van der Waals surface area (Å²) in [4.78, 5) is 23.9. The molecule has 0 aliphatic heterocycles. The maximum absolute atomic E-state index is 13.5. The summed E-state index contributed by atoms with van der Waals surface area (Å²) in [5.74, 6) is 3.64. The van der Waals surface area contributed by atoms with E-state index >= 15 is 0 Å². The number of nitrogens with two attached hydrogens (primary N) is 1. The molecule has 0 saturated heterocycles. The van der Waals surface area contributed by atoms with Gasteiger partial charge in [0.05, 0.1) is 23.3 Å². The number of nitrogen functional groups attached to an aromatic ring is 1. The lowest BCUT2D eigenvalue weighted by atomic mass is 10.1. The minimum absolute atomic E-state index is 0.188. The minimum atomic E-state index is -0.902. The Kier molecular flexibility index (Phi) is 6.00. The third-order valence-electron chi connectivity index (χ3n) is 2.90. The van der Waals surface area contributed by atoms with E-state index in [0.717, 1.165) is 6.07 Å². The van der Waals surface area contributed by atoms with Crippen molar-refractivity contribution in [3.8, 4) is 0 Å². The number of nitrogens with zero attached hydrogens (tertiary/aromatic N) is 2. The lowest BCUT2D eigenvalue weighted by molar-refractivity contribution is -0.385. The molecule has 1 amide bonds. The van der Waals surface area contributed by atoms with Gasteiger partial charge in [0, 0.05) is 20.2 Å². The van der Waals surface area contributed by atoms with Gasteiger partial charge >= 0.3 is 0 Å². The fourth-order valence-corrected chi connectivity index (χ4v) is 1.77. The second-order valence-electron chi connectivity index (χ2n) is 4.13. The molecule has 8 nitrogen and oxygen atoms in total. The van der Waals surface area contributed by atoms with E-state index in [0.29, 0.717) is 12.6 Å². The number of carbonyl (C=O) groups is 1. The van der Waals surface area contributed by atoms with Gasteiger partial charge in [0.15, 0.2) is 5.82 Å². The topological polar surface area (TPSA) is 111 Å². The van der Waals surface area contributed by atoms with Crippen LogP contribution in [0.5, 0.6) is 0 Å². The van der Waals surface area contributed by atoms with Crippen LogP contribution in [0, 0.1) is 15.9 Å². The van der Waals surface area contributed by atoms with Crippen molar-refractivity contribution in [2.24, 2.45) is 5.84 Å². The molecule has 0 unspecified atom stereocenters. The number of nitro benzene ring substituents is 1. The van der Waals surface area contributed by atoms with Gasteiger partial charge in [-0.3, -0.25) is 20.8 Å². The zero-order valence-electron chi connectivity index (χ0n) is 11.8. The van der Waals surface area contributed by atoms with Crippen molar-refractivity contribution >= 4 is 17.3 Å². The summed E-state index contributed by atoms with van der Waals surface area (Å²) in [6.07, 6.45) is 0. The summed E-state index contributed by atoms with van der Waals surface area (Å²) in [7, 11) is 1.48. The number of nitro groups is 1. The SMILES string of the molecule is CCN(CCOC)C(=O)c1cc(NN)c(F)cc1[N+](=O)[O-]. The molecule has 0 saturated carbocycles. The van der Waals surface area contributed by atoms with E-state index in [1.807, 2.05) is 0 Å². The Morgan fingerprint density at radius 1 is 1.57 bits per heavy atom. The summed E-state index contributed by atoms with van der Waals surface area (Å²) in [5, 5.41) is 11.0. The number of halogens is 1. The number of rotatable bonds is 7. The molecule has 21 heavy (non-hydrogen) atoms. The van der Waals surface area contributed by atoms with Crippen molar-refractivity contribution < 1.29 is 18.8 Å². The van der Waals surface area contributed by atoms with Crippen LogP contribution in [0.25, 0.3) is 0 Å². The molecular weight excluding hydrogens is 283 g/mol. The van der Waals surface area contributed by atoms with Crippen LogP contribution in [0.1, 0.15) is 17.3 Å². The highest BCUT2D eigenvalue weighted by Gasteiger charge is 2.26. The van der Waals surface area contributed by atoms with Gasteiger partial charge in [-0.25, -0.2) is 4.39 Å². The molecule has 0 radical (unpaired) electrons. The lowest BCUT2D eigenvalue weighted by Crippen LogP contribution is -2.34. The molecule has 1 aromatic carbocycles. The second-order valence-corrected chi connectivity index (χ2v) is 4.13. The molecule has 0 bridgehead atoms. The smallest absolute Gasteiger partial charge is 0.285 e. The van der Waals surface area contributed by atoms with Gasteiger partial charge in [-0.2, -0.15) is 0 Å². The first-order chi connectivity index (χ1) is 9.96. The quantitative estimate of drug-likeness (QED) is 0.443. The van der Waals surface area contributed by atoms with E-state index in [1.54, 1.807) is 6.92 Å². The number of amides is 1. The fraction of sp³-hybridized carbons (Fsp3) is 0.417. The normalized spacial score (nSPS) is 10.3. The van der Waals surface area contributed by atoms with E-state index in [-0.39, 0.29) is 24.4 Å². The highest BCUT2D eigenvalue weighted by Crippen LogP contribution is 2.26. The third-order valence-corrected chi connectivity index (χ3v) is 2.90. The minimum Gasteiger partial charge on any atom is -0.383 e. The number of hydrogen-bond donors (Lipinski definition) is 2. The molecule has 0 spiro atoms. The molecule has 0 heterocycles. The van der Waals surface area contributed by atoms with Gasteiger partial charge < -0.3 is 15.1 Å². The number of benzene rings is 1. The predicted molar refractivity (Wildman–Crippen MR) is 74.3 cm³/mol. The van der Waals surface area contributed by atoms with Crippen molar-refractivity contribution in [2.45, 2.75) is 6.92 Å². The molecule has 1 rings (SSSR count). The number of hydrogen-bond acceptors (Lipinski definition) is 6. The molecule has 1 aromatic rings. The van der Waals surface area contributed by atoms with Gasteiger partial charge in [-0.1, -0.05) is 0 Å². The van der Waals surface area contributed by atoms with E-state index in [9.17, 15) is 19.3 Å². The van der Waals surface area contributed by atoms with Crippen LogP contribution in [-0.4, -0.2) is 42.5 Å². The van der Waals surface area contributed by atoms with E-state index in [2.05, 4.69) is 5.43 Å². The molecular formula is C12H17FN4O4. The van der Waals surface area contributed by atoms with E-state index < -0.39 is 22.3 Å². The first-order valence-electron chi connectivity index (χ1n) is 6.19. The number of ether oxygens (including phenoxy) is 1. The standard InChI is InChI=1S/C12H17FN4O4/c1-3-16(4-5-21-2)12(18)8-6-10(15-14)9(13)7-11(8)17(19)20/h6-7,15H,3-5,14H2,1-2H3. The second kappa shape index (κ2) is 7.50. The van der Waals surface area contributed by atoms with Gasteiger partial charge in [0.1, 0.15) is 5.56 Å². The zero-order chi connectivity index (χ0) is 16.0. The zero-order valence-corrected chi connectivity index (χ0v) is 11.8. The third kappa shape index (κ3) is 3.86. The van der Waals surface area contributed by atoms with E-state index in [4.69, 9.17) is 10.6 Å². The number of nitrogens with one attached hydrogen (secondary N) is 1. The van der Waals surface area contributed by atoms with Crippen molar-refractivity contribution in [2.75, 3.05) is 32.2 Å². The number of methoxy groups -OCH3 is 1. The van der Waals surface area contributed by atoms with Crippen LogP contribution >= 0.6 is 0 Å². The average molecular weight is 300 g/mol. The Balaban J connectivity index is 3.25. The Bertz CT molecular complexity index is 538. The van der Waals surface area contributed by atoms with Gasteiger partial charge in [0.2, 0.25) is 0 Å². The van der Waals surface area contributed by atoms with Crippen LogP contribution < -0.4 is 11.3 Å². The molecule has 116 valence electrons. The lowest BCUT2D eigenvalue weighted by Gasteiger charge is -2.20. The number of anilines is 1. The molecule has 9 heteroatoms. The maximum Gasteiger partial charge on any atom is 0.285 e. The number of hydrazine groups is 1. The van der Waals surface area contributed by atoms with Gasteiger partial charge in [-0.05, 0) is 13.0 Å². The average Bonchev–Trinajstić information content (AvgIpc) is 2.47. The van der Waals surface area contributed by atoms with Crippen LogP contribution in [0.2, 0.25) is 0 Å². The van der Waals surface area contributed by atoms with E-state index in [1.165, 1.54) is 12.0 Å². The van der Waals surface area contributed by atoms with Crippen LogP contribution in [0.4, 0.5) is 15.8 Å². The molecule has 0 aliphatic rings. The monoisotopic (exact) mass is 300 g/mol. The Morgan fingerprint density at radius 3 is 2.71 bits per heavy atom. The van der Waals surface area contributed by atoms with Gasteiger partial charge in [-0.15, -0.1) is 0 Å². The fourth-order valence-electron chi connectivity index (χ4n) is 1.77. The summed E-state index contributed by atoms with van der Waals surface area (Å²) >= 11 is 0. The molecule has 0 aromatic heterocycles. The summed E-state index contributed by atoms with van der Waals surface area (Å²) < 4.78 is 18.4. The highest BCUT2D eigenvalue weighted by atomic mass is 19.1. The first kappa shape index (κ1) is 16.8. The van der Waals surface area contributed by atoms with Crippen LogP contribution in [0.15, 0.2) is 12.1 Å². The first-order valence-corrected chi connectivity index (χ1v) is 6.19. The highest BCUT2D eigenvalue weighted by molar-refractivity contribution is 5.99. The van der Waals surface area contributed by atoms with Crippen molar-refractivity contribution in [3.63, 3.8) is 0 Å². The molecule has 3 N–H and O–H groups in total. The Hall–Kier alpha value is -2.26. The van der Waals surface area contributed by atoms with Crippen LogP contribution in [-0.2, 0) is 4.74 Å². The predicted octanol–water partition coefficient (Wildman–Crippen LogP) is 1.13. The van der Waals surface area contributed by atoms with Crippen molar-refractivity contribution in [1.29, 1.82) is 0 Å². The molecule has 0 aliphatic carbocycles. The maximum atomic E-state index is 13.5. The number of carbonyl (C=O) groups excluding carboxylic acids is 1. The summed E-state index contributed by atoms with van der Waals surface area (Å²) in [6.45, 7) is 2.62. The van der Waals surface area contributed by atoms with Crippen molar-refractivity contribution in [1.82, 2.24) is 4.90 Å². The molecule has 0 atom stereocenters. The largest absolute Gasteiger partial charge is 0.383 e. The number of likely N-dealkylation sites (N-methyl/N-ethyl adjacent to an activating group) is 1. The van der Waals surface area contributed by atoms with Gasteiger partial charge in [0.25, 0.3) is 11.6 Å². The Labute approximate surface area is 120 Å². The Morgan fingerprint density at radius 2 is 2.24 bits per heavy atom. The van der Waals surface area contributed by atoms with Crippen LogP contribution in [0.3, 0.4) is 0 Å². The summed E-state index contributed by atoms with van der Waals surface area (Å²) in [6, 6.07) is 1.71. The van der Waals surface area contributed by atoms with Crippen molar-refractivity contribution in [3.05, 3.63) is 33.6 Å². The summed E-state index contributed by atoms with van der Waals surface area (Å²) in [5.41, 5.74) is 1.04.